The van der Waals surface area contributed by atoms with Gasteiger partial charge in [-0.1, -0.05) is 31.2 Å². The van der Waals surface area contributed by atoms with Gasteiger partial charge in [-0.2, -0.15) is 5.26 Å². The molecule has 1 aromatic heterocycles. The number of nitrogens with one attached hydrogen (secondary N) is 1. The molecular weight excluding hydrogens is 398 g/mol. The lowest BCUT2D eigenvalue weighted by Crippen LogP contribution is -1.98. The molecule has 1 N–H and O–H groups in total. The van der Waals surface area contributed by atoms with Crippen LogP contribution in [0.3, 0.4) is 0 Å². The molecule has 3 aromatic rings. The molecule has 7 heteroatoms. The highest BCUT2D eigenvalue weighted by atomic mass is 32.1. The molecule has 0 fully saturated rings. The predicted octanol–water partition coefficient (Wildman–Crippen LogP) is 5.37. The molecule has 154 valence electrons. The van der Waals surface area contributed by atoms with E-state index in [0.717, 1.165) is 17.7 Å². The summed E-state index contributed by atoms with van der Waals surface area (Å²) in [5, 5.41) is 15.4. The number of rotatable bonds is 8. The quantitative estimate of drug-likeness (QED) is 0.493. The molecule has 0 aliphatic rings. The number of ether oxygens (including phenoxy) is 3. The van der Waals surface area contributed by atoms with E-state index in [2.05, 4.69) is 47.6 Å². The third-order valence-corrected chi connectivity index (χ3v) is 5.44. The van der Waals surface area contributed by atoms with E-state index in [1.807, 2.05) is 5.38 Å². The van der Waals surface area contributed by atoms with Gasteiger partial charge in [0.05, 0.1) is 27.0 Å². The van der Waals surface area contributed by atoms with E-state index in [1.165, 1.54) is 16.9 Å². The van der Waals surface area contributed by atoms with Crippen LogP contribution in [-0.4, -0.2) is 26.3 Å². The van der Waals surface area contributed by atoms with Gasteiger partial charge < -0.3 is 19.5 Å². The molecule has 0 saturated carbocycles. The minimum Gasteiger partial charge on any atom is -0.493 e. The second-order valence-electron chi connectivity index (χ2n) is 6.32. The zero-order chi connectivity index (χ0) is 21.5. The highest BCUT2D eigenvalue weighted by molar-refractivity contribution is 7.11. The Kier molecular flexibility index (Phi) is 6.94. The molecule has 1 heterocycles. The maximum Gasteiger partial charge on any atom is 0.203 e. The number of hydrogen-bond donors (Lipinski definition) is 1. The SMILES string of the molecule is CCc1ccc(-c2csc(/C(C#N)=C/Nc3cc(OC)c(OC)c(OC)c3)n2)cc1. The van der Waals surface area contributed by atoms with Gasteiger partial charge in [0.2, 0.25) is 5.75 Å². The van der Waals surface area contributed by atoms with Crippen molar-refractivity contribution in [1.82, 2.24) is 4.98 Å². The van der Waals surface area contributed by atoms with E-state index >= 15 is 0 Å². The lowest BCUT2D eigenvalue weighted by Gasteiger charge is -2.14. The van der Waals surface area contributed by atoms with Gasteiger partial charge in [-0.05, 0) is 12.0 Å². The number of anilines is 1. The first kappa shape index (κ1) is 21.2. The summed E-state index contributed by atoms with van der Waals surface area (Å²) in [4.78, 5) is 4.63. The number of nitrogens with zero attached hydrogens (tertiary/aromatic N) is 2. The fourth-order valence-corrected chi connectivity index (χ4v) is 3.70. The highest BCUT2D eigenvalue weighted by Gasteiger charge is 2.14. The maximum absolute atomic E-state index is 9.63. The van der Waals surface area contributed by atoms with Gasteiger partial charge in [0.25, 0.3) is 0 Å². The lowest BCUT2D eigenvalue weighted by molar-refractivity contribution is 0.324. The summed E-state index contributed by atoms with van der Waals surface area (Å²) in [6.45, 7) is 2.13. The Hall–Kier alpha value is -3.50. The molecular formula is C23H23N3O3S. The summed E-state index contributed by atoms with van der Waals surface area (Å²) in [6, 6.07) is 14.1. The van der Waals surface area contributed by atoms with Crippen LogP contribution in [0.2, 0.25) is 0 Å². The topological polar surface area (TPSA) is 76.4 Å². The van der Waals surface area contributed by atoms with Crippen LogP contribution in [0.15, 0.2) is 48.0 Å². The summed E-state index contributed by atoms with van der Waals surface area (Å²) in [6.07, 6.45) is 2.62. The summed E-state index contributed by atoms with van der Waals surface area (Å²) in [5.41, 5.74) is 4.30. The zero-order valence-corrected chi connectivity index (χ0v) is 18.2. The standard InChI is InChI=1S/C23H23N3O3S/c1-5-15-6-8-16(9-7-15)19-14-30-23(26-19)17(12-24)13-25-18-10-20(27-2)22(29-4)21(11-18)28-3/h6-11,13-14,25H,5H2,1-4H3/b17-13+. The summed E-state index contributed by atoms with van der Waals surface area (Å²) in [5.74, 6) is 1.56. The Balaban J connectivity index is 1.85. The molecule has 0 spiro atoms. The van der Waals surface area contributed by atoms with Crippen LogP contribution in [0.25, 0.3) is 16.8 Å². The number of aromatic nitrogens is 1. The Morgan fingerprint density at radius 1 is 1.10 bits per heavy atom. The summed E-state index contributed by atoms with van der Waals surface area (Å²) in [7, 11) is 4.67. The van der Waals surface area contributed by atoms with E-state index in [9.17, 15) is 5.26 Å². The molecule has 0 atom stereocenters. The van der Waals surface area contributed by atoms with E-state index in [-0.39, 0.29) is 0 Å². The molecule has 0 saturated heterocycles. The molecule has 6 nitrogen and oxygen atoms in total. The Morgan fingerprint density at radius 2 is 1.77 bits per heavy atom. The van der Waals surface area contributed by atoms with Crippen molar-refractivity contribution >= 4 is 22.6 Å². The third-order valence-electron chi connectivity index (χ3n) is 4.56. The Morgan fingerprint density at radius 3 is 2.30 bits per heavy atom. The van der Waals surface area contributed by atoms with Gasteiger partial charge in [-0.25, -0.2) is 4.98 Å². The van der Waals surface area contributed by atoms with Crippen molar-refractivity contribution in [1.29, 1.82) is 5.26 Å². The van der Waals surface area contributed by atoms with Crippen molar-refractivity contribution in [3.63, 3.8) is 0 Å². The fraction of sp³-hybridized carbons (Fsp3) is 0.217. The normalized spacial score (nSPS) is 11.0. The molecule has 0 bridgehead atoms. The molecule has 0 radical (unpaired) electrons. The van der Waals surface area contributed by atoms with E-state index in [1.54, 1.807) is 39.7 Å². The van der Waals surface area contributed by atoms with Crippen LogP contribution < -0.4 is 19.5 Å². The van der Waals surface area contributed by atoms with Crippen molar-refractivity contribution in [2.24, 2.45) is 0 Å². The number of thiazole rings is 1. The van der Waals surface area contributed by atoms with Gasteiger partial charge in [0.15, 0.2) is 11.5 Å². The Bertz CT molecular complexity index is 1060. The molecule has 30 heavy (non-hydrogen) atoms. The zero-order valence-electron chi connectivity index (χ0n) is 17.4. The largest absolute Gasteiger partial charge is 0.493 e. The molecule has 0 amide bonds. The fourth-order valence-electron chi connectivity index (χ4n) is 2.90. The second-order valence-corrected chi connectivity index (χ2v) is 7.17. The molecule has 3 rings (SSSR count). The second kappa shape index (κ2) is 9.81. The number of benzene rings is 2. The first-order chi connectivity index (χ1) is 14.6. The lowest BCUT2D eigenvalue weighted by atomic mass is 10.1. The van der Waals surface area contributed by atoms with E-state index in [0.29, 0.717) is 33.5 Å². The molecule has 0 aliphatic heterocycles. The highest BCUT2D eigenvalue weighted by Crippen LogP contribution is 2.40. The predicted molar refractivity (Wildman–Crippen MR) is 120 cm³/mol. The molecule has 0 aliphatic carbocycles. The van der Waals surface area contributed by atoms with Gasteiger partial charge in [-0.15, -0.1) is 11.3 Å². The van der Waals surface area contributed by atoms with Crippen molar-refractivity contribution in [2.75, 3.05) is 26.6 Å². The number of nitriles is 1. The van der Waals surface area contributed by atoms with Crippen molar-refractivity contribution < 1.29 is 14.2 Å². The third kappa shape index (κ3) is 4.56. The smallest absolute Gasteiger partial charge is 0.203 e. The van der Waals surface area contributed by atoms with Crippen LogP contribution in [0.1, 0.15) is 17.5 Å². The number of allylic oxidation sites excluding steroid dienone is 1. The number of hydrogen-bond acceptors (Lipinski definition) is 7. The van der Waals surface area contributed by atoms with Gasteiger partial charge in [0, 0.05) is 35.0 Å². The van der Waals surface area contributed by atoms with Gasteiger partial charge in [-0.3, -0.25) is 0 Å². The van der Waals surface area contributed by atoms with Crippen molar-refractivity contribution in [2.45, 2.75) is 13.3 Å². The summed E-state index contributed by atoms with van der Waals surface area (Å²) < 4.78 is 16.1. The van der Waals surface area contributed by atoms with Crippen molar-refractivity contribution in [3.8, 4) is 34.6 Å². The minimum absolute atomic E-state index is 0.435. The van der Waals surface area contributed by atoms with Gasteiger partial charge >= 0.3 is 0 Å². The van der Waals surface area contributed by atoms with E-state index in [4.69, 9.17) is 14.2 Å². The average Bonchev–Trinajstić information content (AvgIpc) is 3.28. The molecule has 0 unspecified atom stereocenters. The van der Waals surface area contributed by atoms with Crippen LogP contribution in [0, 0.1) is 11.3 Å². The minimum atomic E-state index is 0.435. The maximum atomic E-state index is 9.63. The van der Waals surface area contributed by atoms with Crippen molar-refractivity contribution in [3.05, 3.63) is 58.5 Å². The first-order valence-electron chi connectivity index (χ1n) is 9.35. The van der Waals surface area contributed by atoms with E-state index < -0.39 is 0 Å². The van der Waals surface area contributed by atoms with Gasteiger partial charge in [0.1, 0.15) is 16.6 Å². The van der Waals surface area contributed by atoms with Crippen LogP contribution in [0.4, 0.5) is 5.69 Å². The van der Waals surface area contributed by atoms with Crippen LogP contribution >= 0.6 is 11.3 Å². The average molecular weight is 422 g/mol. The van der Waals surface area contributed by atoms with Crippen LogP contribution in [-0.2, 0) is 6.42 Å². The van der Waals surface area contributed by atoms with Crippen LogP contribution in [0.5, 0.6) is 17.2 Å². The first-order valence-corrected chi connectivity index (χ1v) is 10.2. The Labute approximate surface area is 180 Å². The monoisotopic (exact) mass is 421 g/mol. The number of aryl methyl sites for hydroxylation is 1. The molecule has 2 aromatic carbocycles. The summed E-state index contributed by atoms with van der Waals surface area (Å²) >= 11 is 1.43. The number of methoxy groups -OCH3 is 3.